The molecule has 0 aromatic carbocycles. The maximum absolute atomic E-state index is 4.10. The van der Waals surface area contributed by atoms with Gasteiger partial charge in [-0.2, -0.15) is 0 Å². The van der Waals surface area contributed by atoms with Crippen LogP contribution in [0.25, 0.3) is 0 Å². The van der Waals surface area contributed by atoms with Crippen LogP contribution in [0.15, 0.2) is 24.5 Å². The van der Waals surface area contributed by atoms with Crippen LogP contribution in [-0.2, 0) is 6.42 Å². The molecule has 1 heterocycles. The van der Waals surface area contributed by atoms with E-state index < -0.39 is 0 Å². The molecule has 0 spiro atoms. The van der Waals surface area contributed by atoms with Gasteiger partial charge in [0.2, 0.25) is 0 Å². The van der Waals surface area contributed by atoms with Crippen molar-refractivity contribution < 1.29 is 0 Å². The fourth-order valence-corrected chi connectivity index (χ4v) is 1.40. The van der Waals surface area contributed by atoms with Crippen LogP contribution in [0.4, 0.5) is 0 Å². The third-order valence-electron chi connectivity index (χ3n) is 2.58. The normalized spacial score (nSPS) is 12.8. The molecule has 0 aliphatic rings. The van der Waals surface area contributed by atoms with Crippen LogP contribution in [0.3, 0.4) is 0 Å². The third kappa shape index (κ3) is 4.07. The van der Waals surface area contributed by atoms with Crippen LogP contribution in [0.5, 0.6) is 0 Å². The van der Waals surface area contributed by atoms with Gasteiger partial charge in [0.25, 0.3) is 0 Å². The van der Waals surface area contributed by atoms with Crippen molar-refractivity contribution in [3.8, 4) is 0 Å². The molecule has 1 rings (SSSR count). The van der Waals surface area contributed by atoms with Crippen molar-refractivity contribution >= 4 is 0 Å². The molecule has 1 heteroatoms. The molecular weight excluding hydrogens is 158 g/mol. The van der Waals surface area contributed by atoms with Crippen LogP contribution in [0.2, 0.25) is 0 Å². The monoisotopic (exact) mass is 177 g/mol. The van der Waals surface area contributed by atoms with Gasteiger partial charge in [0.1, 0.15) is 0 Å². The molecule has 0 fully saturated rings. The molecule has 1 nitrogen and oxygen atoms in total. The van der Waals surface area contributed by atoms with Gasteiger partial charge in [-0.05, 0) is 30.4 Å². The molecule has 1 aromatic heterocycles. The number of nitrogens with zero attached hydrogens (tertiary/aromatic N) is 1. The Hall–Kier alpha value is -0.850. The zero-order chi connectivity index (χ0) is 9.52. The first-order chi connectivity index (χ1) is 6.33. The molecule has 1 atom stereocenters. The van der Waals surface area contributed by atoms with Crippen molar-refractivity contribution in [1.82, 2.24) is 4.98 Å². The molecule has 0 radical (unpaired) electrons. The molecule has 1 aromatic rings. The molecule has 0 N–H and O–H groups in total. The van der Waals surface area contributed by atoms with Crippen LogP contribution in [0, 0.1) is 5.92 Å². The second-order valence-electron chi connectivity index (χ2n) is 3.77. The van der Waals surface area contributed by atoms with E-state index in [0.29, 0.717) is 0 Å². The summed E-state index contributed by atoms with van der Waals surface area (Å²) in [5.74, 6) is 0.872. The molecule has 0 aliphatic heterocycles. The Morgan fingerprint density at radius 2 is 2.31 bits per heavy atom. The van der Waals surface area contributed by atoms with Gasteiger partial charge in [-0.25, -0.2) is 0 Å². The lowest BCUT2D eigenvalue weighted by Gasteiger charge is -2.06. The molecule has 0 saturated heterocycles. The van der Waals surface area contributed by atoms with Gasteiger partial charge in [0.15, 0.2) is 0 Å². The predicted molar refractivity (Wildman–Crippen MR) is 56.6 cm³/mol. The van der Waals surface area contributed by atoms with E-state index in [9.17, 15) is 0 Å². The van der Waals surface area contributed by atoms with Crippen LogP contribution < -0.4 is 0 Å². The average Bonchev–Trinajstić information content (AvgIpc) is 2.19. The Morgan fingerprint density at radius 1 is 1.46 bits per heavy atom. The van der Waals surface area contributed by atoms with Gasteiger partial charge < -0.3 is 0 Å². The highest BCUT2D eigenvalue weighted by molar-refractivity contribution is 5.08. The fraction of sp³-hybridized carbons (Fsp3) is 0.583. The lowest BCUT2D eigenvalue weighted by Crippen LogP contribution is -1.94. The lowest BCUT2D eigenvalue weighted by atomic mass is 10.00. The van der Waals surface area contributed by atoms with Crippen molar-refractivity contribution in [2.45, 2.75) is 39.5 Å². The van der Waals surface area contributed by atoms with Crippen molar-refractivity contribution in [2.75, 3.05) is 0 Å². The summed E-state index contributed by atoms with van der Waals surface area (Å²) in [4.78, 5) is 4.10. The van der Waals surface area contributed by atoms with E-state index in [1.165, 1.54) is 31.2 Å². The molecule has 0 amide bonds. The Labute approximate surface area is 81.2 Å². The van der Waals surface area contributed by atoms with E-state index in [0.717, 1.165) is 5.92 Å². The van der Waals surface area contributed by atoms with Crippen LogP contribution in [-0.4, -0.2) is 4.98 Å². The highest BCUT2D eigenvalue weighted by Crippen LogP contribution is 2.11. The molecule has 0 aliphatic carbocycles. The van der Waals surface area contributed by atoms with E-state index >= 15 is 0 Å². The van der Waals surface area contributed by atoms with Crippen molar-refractivity contribution in [2.24, 2.45) is 5.92 Å². The first kappa shape index (κ1) is 10.2. The van der Waals surface area contributed by atoms with Gasteiger partial charge in [0.05, 0.1) is 0 Å². The van der Waals surface area contributed by atoms with E-state index in [1.54, 1.807) is 0 Å². The highest BCUT2D eigenvalue weighted by atomic mass is 14.6. The van der Waals surface area contributed by atoms with Gasteiger partial charge in [-0.1, -0.05) is 32.8 Å². The van der Waals surface area contributed by atoms with E-state index in [-0.39, 0.29) is 0 Å². The summed E-state index contributed by atoms with van der Waals surface area (Å²) in [7, 11) is 0. The number of hydrogen-bond acceptors (Lipinski definition) is 1. The third-order valence-corrected chi connectivity index (χ3v) is 2.58. The largest absolute Gasteiger partial charge is 0.264 e. The van der Waals surface area contributed by atoms with Gasteiger partial charge in [0, 0.05) is 12.4 Å². The highest BCUT2D eigenvalue weighted by Gasteiger charge is 1.98. The number of hydrogen-bond donors (Lipinski definition) is 0. The maximum Gasteiger partial charge on any atom is 0.0299 e. The Kier molecular flexibility index (Phi) is 4.52. The molecule has 72 valence electrons. The summed E-state index contributed by atoms with van der Waals surface area (Å²) >= 11 is 0. The summed E-state index contributed by atoms with van der Waals surface area (Å²) in [5, 5.41) is 0. The van der Waals surface area contributed by atoms with Gasteiger partial charge in [-0.3, -0.25) is 4.98 Å². The number of rotatable bonds is 5. The minimum absolute atomic E-state index is 0.872. The maximum atomic E-state index is 4.10. The summed E-state index contributed by atoms with van der Waals surface area (Å²) < 4.78 is 0. The Bertz CT molecular complexity index is 218. The second-order valence-corrected chi connectivity index (χ2v) is 3.77. The Balaban J connectivity index is 2.20. The minimum Gasteiger partial charge on any atom is -0.264 e. The van der Waals surface area contributed by atoms with Crippen LogP contribution in [0.1, 0.15) is 38.7 Å². The molecule has 0 bridgehead atoms. The molecule has 1 unspecified atom stereocenters. The second kappa shape index (κ2) is 5.74. The summed E-state index contributed by atoms with van der Waals surface area (Å²) in [5.41, 5.74) is 1.37. The van der Waals surface area contributed by atoms with Crippen LogP contribution >= 0.6 is 0 Å². The standard InChI is InChI=1S/C12H19N/c1-3-11(2)6-4-7-12-8-5-9-13-10-12/h5,8-11H,3-4,6-7H2,1-2H3. The number of aromatic nitrogens is 1. The zero-order valence-electron chi connectivity index (χ0n) is 8.66. The summed E-state index contributed by atoms with van der Waals surface area (Å²) in [6.45, 7) is 4.58. The lowest BCUT2D eigenvalue weighted by molar-refractivity contribution is 0.495. The Morgan fingerprint density at radius 3 is 2.92 bits per heavy atom. The number of pyridine rings is 1. The minimum atomic E-state index is 0.872. The summed E-state index contributed by atoms with van der Waals surface area (Å²) in [6, 6.07) is 4.17. The molecular formula is C12H19N. The quantitative estimate of drug-likeness (QED) is 0.671. The summed E-state index contributed by atoms with van der Waals surface area (Å²) in [6.07, 6.45) is 8.91. The van der Waals surface area contributed by atoms with E-state index in [2.05, 4.69) is 24.9 Å². The first-order valence-corrected chi connectivity index (χ1v) is 5.21. The zero-order valence-corrected chi connectivity index (χ0v) is 8.66. The average molecular weight is 177 g/mol. The van der Waals surface area contributed by atoms with E-state index in [1.807, 2.05) is 18.5 Å². The van der Waals surface area contributed by atoms with Gasteiger partial charge in [-0.15, -0.1) is 0 Å². The SMILES string of the molecule is CCC(C)CCCc1cccnc1. The first-order valence-electron chi connectivity index (χ1n) is 5.21. The van der Waals surface area contributed by atoms with E-state index in [4.69, 9.17) is 0 Å². The molecule has 13 heavy (non-hydrogen) atoms. The van der Waals surface area contributed by atoms with Crippen molar-refractivity contribution in [3.05, 3.63) is 30.1 Å². The predicted octanol–water partition coefficient (Wildman–Crippen LogP) is 3.45. The smallest absolute Gasteiger partial charge is 0.0299 e. The van der Waals surface area contributed by atoms with Crippen molar-refractivity contribution in [3.63, 3.8) is 0 Å². The topological polar surface area (TPSA) is 12.9 Å². The number of aryl methyl sites for hydroxylation is 1. The fourth-order valence-electron chi connectivity index (χ4n) is 1.40. The van der Waals surface area contributed by atoms with Gasteiger partial charge >= 0.3 is 0 Å². The molecule has 0 saturated carbocycles. The van der Waals surface area contributed by atoms with Crippen molar-refractivity contribution in [1.29, 1.82) is 0 Å².